The van der Waals surface area contributed by atoms with Crippen LogP contribution in [0.1, 0.15) is 0 Å². The molecule has 0 aromatic heterocycles. The van der Waals surface area contributed by atoms with E-state index in [1.165, 1.54) is 0 Å². The number of aliphatic hydroxyl groups excluding tert-OH is 1. The lowest BCUT2D eigenvalue weighted by molar-refractivity contribution is 0.365. The third-order valence-corrected chi connectivity index (χ3v) is 0.664. The van der Waals surface area contributed by atoms with Gasteiger partial charge in [-0.05, 0) is 6.08 Å². The molecule has 0 fully saturated rings. The zero-order valence-electron chi connectivity index (χ0n) is 3.73. The highest BCUT2D eigenvalue weighted by Gasteiger charge is 1.89. The van der Waals surface area contributed by atoms with E-state index in [2.05, 4.69) is 17.5 Å². The first-order valence-electron chi connectivity index (χ1n) is 2.02. The first kappa shape index (κ1) is 4.24. The molecular weight excluding hydrogens is 90.1 g/mol. The standard InChI is InChI=1S/C5H5NO/c7-5-3-1-2-4-6-5/h2,6-7H,4H2. The summed E-state index contributed by atoms with van der Waals surface area (Å²) in [5, 5.41) is 11.1. The Morgan fingerprint density at radius 3 is 3.00 bits per heavy atom. The second-order valence-electron chi connectivity index (χ2n) is 1.20. The molecule has 1 aliphatic rings. The molecule has 0 amide bonds. The van der Waals surface area contributed by atoms with E-state index in [1.807, 2.05) is 0 Å². The van der Waals surface area contributed by atoms with E-state index in [1.54, 1.807) is 6.08 Å². The van der Waals surface area contributed by atoms with Gasteiger partial charge < -0.3 is 10.4 Å². The van der Waals surface area contributed by atoms with Gasteiger partial charge >= 0.3 is 0 Å². The summed E-state index contributed by atoms with van der Waals surface area (Å²) < 4.78 is 0. The highest BCUT2D eigenvalue weighted by Crippen LogP contribution is 1.85. The molecule has 0 bridgehead atoms. The Balaban J connectivity index is 2.57. The first-order valence-corrected chi connectivity index (χ1v) is 2.02. The maximum atomic E-state index is 8.52. The molecule has 1 rings (SSSR count). The van der Waals surface area contributed by atoms with E-state index in [0.29, 0.717) is 6.54 Å². The monoisotopic (exact) mass is 95.0 g/mol. The zero-order chi connectivity index (χ0) is 5.11. The fourth-order valence-corrected chi connectivity index (χ4v) is 0.362. The van der Waals surface area contributed by atoms with Gasteiger partial charge in [0.05, 0.1) is 6.08 Å². The van der Waals surface area contributed by atoms with Gasteiger partial charge in [-0.15, -0.1) is 0 Å². The minimum Gasteiger partial charge on any atom is -0.494 e. The molecule has 2 heteroatoms. The van der Waals surface area contributed by atoms with Crippen molar-refractivity contribution in [2.45, 2.75) is 0 Å². The minimum atomic E-state index is 0.0718. The summed E-state index contributed by atoms with van der Waals surface area (Å²) >= 11 is 0. The lowest BCUT2D eigenvalue weighted by atomic mass is 10.4. The van der Waals surface area contributed by atoms with E-state index in [4.69, 9.17) is 5.11 Å². The number of aliphatic hydroxyl groups is 1. The highest BCUT2D eigenvalue weighted by atomic mass is 16.3. The Morgan fingerprint density at radius 2 is 2.71 bits per heavy atom. The van der Waals surface area contributed by atoms with Crippen LogP contribution >= 0.6 is 0 Å². The van der Waals surface area contributed by atoms with Crippen molar-refractivity contribution >= 4 is 0 Å². The van der Waals surface area contributed by atoms with Crippen LogP contribution in [0.15, 0.2) is 12.0 Å². The molecule has 36 valence electrons. The number of hydrogen-bond donors (Lipinski definition) is 2. The molecule has 1 aliphatic heterocycles. The van der Waals surface area contributed by atoms with Crippen LogP contribution in [0.2, 0.25) is 0 Å². The third-order valence-electron chi connectivity index (χ3n) is 0.664. The van der Waals surface area contributed by atoms with Crippen molar-refractivity contribution in [3.05, 3.63) is 24.1 Å². The van der Waals surface area contributed by atoms with Crippen LogP contribution in [0, 0.1) is 12.2 Å². The molecule has 0 saturated carbocycles. The van der Waals surface area contributed by atoms with Crippen molar-refractivity contribution in [1.82, 2.24) is 5.32 Å². The van der Waals surface area contributed by atoms with Crippen molar-refractivity contribution in [3.63, 3.8) is 0 Å². The Hall–Kier alpha value is -0.920. The van der Waals surface area contributed by atoms with Crippen LogP contribution in [-0.4, -0.2) is 11.7 Å². The molecule has 0 unspecified atom stereocenters. The minimum absolute atomic E-state index is 0.0718. The van der Waals surface area contributed by atoms with Crippen LogP contribution in [0.3, 0.4) is 0 Å². The number of rotatable bonds is 0. The second-order valence-corrected chi connectivity index (χ2v) is 1.20. The molecule has 0 saturated heterocycles. The van der Waals surface area contributed by atoms with Crippen LogP contribution in [0.5, 0.6) is 0 Å². The molecule has 2 nitrogen and oxygen atoms in total. The smallest absolute Gasteiger partial charge is 0.193 e. The average Bonchev–Trinajstić information content (AvgIpc) is 1.69. The maximum absolute atomic E-state index is 8.52. The summed E-state index contributed by atoms with van der Waals surface area (Å²) in [5.41, 5.74) is 0. The molecule has 0 atom stereocenters. The van der Waals surface area contributed by atoms with E-state index < -0.39 is 0 Å². The van der Waals surface area contributed by atoms with Gasteiger partial charge in [0.2, 0.25) is 0 Å². The van der Waals surface area contributed by atoms with Crippen molar-refractivity contribution in [1.29, 1.82) is 0 Å². The topological polar surface area (TPSA) is 32.3 Å². The lowest BCUT2D eigenvalue weighted by Crippen LogP contribution is -2.14. The summed E-state index contributed by atoms with van der Waals surface area (Å²) in [4.78, 5) is 0. The highest BCUT2D eigenvalue weighted by molar-refractivity contribution is 4.99. The van der Waals surface area contributed by atoms with Gasteiger partial charge in [0.1, 0.15) is 0 Å². The van der Waals surface area contributed by atoms with Gasteiger partial charge in [0.25, 0.3) is 0 Å². The molecule has 0 aromatic carbocycles. The molecule has 0 spiro atoms. The molecule has 7 heavy (non-hydrogen) atoms. The van der Waals surface area contributed by atoms with Gasteiger partial charge in [-0.1, -0.05) is 6.08 Å². The predicted octanol–water partition coefficient (Wildman–Crippen LogP) is 0.152. The number of dihydropyridines is 1. The van der Waals surface area contributed by atoms with Gasteiger partial charge in [0, 0.05) is 6.54 Å². The third kappa shape index (κ3) is 0.961. The Kier molecular flexibility index (Phi) is 1.02. The van der Waals surface area contributed by atoms with Gasteiger partial charge in [-0.2, -0.15) is 0 Å². The molecule has 0 aromatic rings. The molecular formula is C5H5NO. The van der Waals surface area contributed by atoms with E-state index >= 15 is 0 Å². The van der Waals surface area contributed by atoms with E-state index in [-0.39, 0.29) is 5.88 Å². The molecule has 0 aliphatic carbocycles. The van der Waals surface area contributed by atoms with E-state index in [9.17, 15) is 0 Å². The summed E-state index contributed by atoms with van der Waals surface area (Å²) in [7, 11) is 0. The van der Waals surface area contributed by atoms with Crippen LogP contribution in [-0.2, 0) is 0 Å². The first-order chi connectivity index (χ1) is 3.39. The Labute approximate surface area is 42.2 Å². The van der Waals surface area contributed by atoms with Crippen LogP contribution in [0.25, 0.3) is 0 Å². The van der Waals surface area contributed by atoms with Crippen LogP contribution in [0.4, 0.5) is 0 Å². The van der Waals surface area contributed by atoms with Gasteiger partial charge in [0.15, 0.2) is 5.88 Å². The van der Waals surface area contributed by atoms with Crippen molar-refractivity contribution in [2.75, 3.05) is 6.54 Å². The largest absolute Gasteiger partial charge is 0.494 e. The average molecular weight is 95.1 g/mol. The Bertz CT molecular complexity index is 115. The normalized spacial score (nSPS) is 18.0. The molecule has 2 N–H and O–H groups in total. The van der Waals surface area contributed by atoms with Crippen molar-refractivity contribution < 1.29 is 5.11 Å². The van der Waals surface area contributed by atoms with Crippen LogP contribution < -0.4 is 5.32 Å². The number of allylic oxidation sites excluding steroid dienone is 2. The summed E-state index contributed by atoms with van der Waals surface area (Å²) in [6.07, 6.45) is 6.80. The fraction of sp³-hybridized carbons (Fsp3) is 0.200. The van der Waals surface area contributed by atoms with Gasteiger partial charge in [-0.3, -0.25) is 0 Å². The lowest BCUT2D eigenvalue weighted by Gasteiger charge is -2.01. The summed E-state index contributed by atoms with van der Waals surface area (Å²) in [5.74, 6) is 0.0718. The fourth-order valence-electron chi connectivity index (χ4n) is 0.362. The molecule has 2 radical (unpaired) electrons. The molecule has 1 heterocycles. The quantitative estimate of drug-likeness (QED) is 0.449. The van der Waals surface area contributed by atoms with E-state index in [0.717, 1.165) is 0 Å². The maximum Gasteiger partial charge on any atom is 0.193 e. The Morgan fingerprint density at radius 1 is 1.86 bits per heavy atom. The van der Waals surface area contributed by atoms with Crippen molar-refractivity contribution in [3.8, 4) is 0 Å². The SMILES string of the molecule is OC1=[C][C]=CCN1. The van der Waals surface area contributed by atoms with Gasteiger partial charge in [-0.25, -0.2) is 0 Å². The predicted molar refractivity (Wildman–Crippen MR) is 25.2 cm³/mol. The number of hydrogen-bond acceptors (Lipinski definition) is 2. The second kappa shape index (κ2) is 1.69. The number of nitrogens with one attached hydrogen (secondary N) is 1. The van der Waals surface area contributed by atoms with Crippen molar-refractivity contribution in [2.24, 2.45) is 0 Å². The summed E-state index contributed by atoms with van der Waals surface area (Å²) in [6, 6.07) is 0. The zero-order valence-corrected chi connectivity index (χ0v) is 3.73. The summed E-state index contributed by atoms with van der Waals surface area (Å²) in [6.45, 7) is 0.652.